The average Bonchev–Trinajstić information content (AvgIpc) is 2.84. The quantitative estimate of drug-likeness (QED) is 0.263. The third-order valence-corrected chi connectivity index (χ3v) is 7.37. The molecule has 0 atom stereocenters. The molecule has 0 saturated heterocycles. The second-order valence-corrected chi connectivity index (χ2v) is 10.7. The van der Waals surface area contributed by atoms with E-state index < -0.39 is 22.5 Å². The highest BCUT2D eigenvalue weighted by atomic mass is 35.5. The minimum Gasteiger partial charge on any atom is -0.457 e. The number of hydrogen-bond acceptors (Lipinski definition) is 4. The maximum absolute atomic E-state index is 13.5. The molecule has 0 aliphatic heterocycles. The summed E-state index contributed by atoms with van der Waals surface area (Å²) in [7, 11) is -4.10. The van der Waals surface area contributed by atoms with E-state index >= 15 is 0 Å². The van der Waals surface area contributed by atoms with Gasteiger partial charge in [-0.15, -0.1) is 0 Å². The van der Waals surface area contributed by atoms with Crippen molar-refractivity contribution < 1.29 is 17.9 Å². The van der Waals surface area contributed by atoms with E-state index in [9.17, 15) is 13.2 Å². The summed E-state index contributed by atoms with van der Waals surface area (Å²) < 4.78 is 33.8. The topological polar surface area (TPSA) is 75.7 Å². The molecule has 0 saturated carbocycles. The van der Waals surface area contributed by atoms with Crippen molar-refractivity contribution in [3.8, 4) is 11.5 Å². The van der Waals surface area contributed by atoms with Gasteiger partial charge in [-0.25, -0.2) is 8.42 Å². The molecule has 0 radical (unpaired) electrons. The Bertz CT molecular complexity index is 1440. The molecule has 0 aliphatic carbocycles. The minimum atomic E-state index is -4.10. The van der Waals surface area contributed by atoms with Crippen molar-refractivity contribution in [1.82, 2.24) is 0 Å². The van der Waals surface area contributed by atoms with Gasteiger partial charge in [0.05, 0.1) is 10.6 Å². The van der Waals surface area contributed by atoms with E-state index in [0.717, 1.165) is 9.87 Å². The molecule has 1 N–H and O–H groups in total. The number of rotatable bonds is 8. The maximum atomic E-state index is 13.5. The molecule has 36 heavy (non-hydrogen) atoms. The minimum absolute atomic E-state index is 0.0411. The maximum Gasteiger partial charge on any atom is 0.264 e. The SMILES string of the molecule is Cc1ccc(S(=O)(=O)N(CC(=O)Nc2ccc(Oc3ccccc3)cc2)c2cc(Cl)cc(Cl)c2)cc1. The van der Waals surface area contributed by atoms with Gasteiger partial charge in [-0.3, -0.25) is 9.10 Å². The van der Waals surface area contributed by atoms with Crippen molar-refractivity contribution in [2.75, 3.05) is 16.2 Å². The lowest BCUT2D eigenvalue weighted by Crippen LogP contribution is -2.38. The van der Waals surface area contributed by atoms with Gasteiger partial charge >= 0.3 is 0 Å². The molecule has 0 heterocycles. The van der Waals surface area contributed by atoms with E-state index in [1.165, 1.54) is 30.3 Å². The van der Waals surface area contributed by atoms with Crippen molar-refractivity contribution in [3.05, 3.63) is 113 Å². The number of carbonyl (C=O) groups excluding carboxylic acids is 1. The van der Waals surface area contributed by atoms with Crippen molar-refractivity contribution in [3.63, 3.8) is 0 Å². The zero-order valence-corrected chi connectivity index (χ0v) is 21.5. The summed E-state index contributed by atoms with van der Waals surface area (Å²) in [5.74, 6) is 0.737. The van der Waals surface area contributed by atoms with Crippen LogP contribution in [-0.2, 0) is 14.8 Å². The number of para-hydroxylation sites is 1. The van der Waals surface area contributed by atoms with Crippen LogP contribution in [0.2, 0.25) is 10.0 Å². The van der Waals surface area contributed by atoms with Gasteiger partial charge in [0.25, 0.3) is 10.0 Å². The number of anilines is 2. The smallest absolute Gasteiger partial charge is 0.264 e. The van der Waals surface area contributed by atoms with E-state index in [4.69, 9.17) is 27.9 Å². The third-order valence-electron chi connectivity index (χ3n) is 5.15. The third kappa shape index (κ3) is 6.37. The van der Waals surface area contributed by atoms with E-state index in [1.54, 1.807) is 36.4 Å². The lowest BCUT2D eigenvalue weighted by Gasteiger charge is -2.24. The monoisotopic (exact) mass is 540 g/mol. The molecular formula is C27H22Cl2N2O4S. The highest BCUT2D eigenvalue weighted by Crippen LogP contribution is 2.30. The molecule has 1 amide bonds. The number of benzene rings is 4. The molecule has 0 bridgehead atoms. The Kier molecular flexibility index (Phi) is 7.84. The van der Waals surface area contributed by atoms with E-state index in [0.29, 0.717) is 17.2 Å². The number of nitrogens with zero attached hydrogens (tertiary/aromatic N) is 1. The summed E-state index contributed by atoms with van der Waals surface area (Å²) in [6, 6.07) is 26.8. The predicted molar refractivity (Wildman–Crippen MR) is 144 cm³/mol. The van der Waals surface area contributed by atoms with Crippen LogP contribution in [0.3, 0.4) is 0 Å². The fourth-order valence-electron chi connectivity index (χ4n) is 3.40. The van der Waals surface area contributed by atoms with Gasteiger partial charge in [0.2, 0.25) is 5.91 Å². The molecule has 4 aromatic rings. The molecule has 4 rings (SSSR count). The highest BCUT2D eigenvalue weighted by molar-refractivity contribution is 7.92. The fraction of sp³-hybridized carbons (Fsp3) is 0.0741. The van der Waals surface area contributed by atoms with Gasteiger partial charge in [-0.05, 0) is 73.7 Å². The van der Waals surface area contributed by atoms with Gasteiger partial charge in [-0.1, -0.05) is 59.1 Å². The number of aryl methyl sites for hydroxylation is 1. The number of amides is 1. The molecule has 0 fully saturated rings. The Balaban J connectivity index is 1.55. The molecule has 0 spiro atoms. The van der Waals surface area contributed by atoms with Crippen molar-refractivity contribution in [1.29, 1.82) is 0 Å². The number of carbonyl (C=O) groups is 1. The first-order valence-corrected chi connectivity index (χ1v) is 13.1. The van der Waals surface area contributed by atoms with Crippen molar-refractivity contribution >= 4 is 50.5 Å². The second kappa shape index (κ2) is 11.0. The predicted octanol–water partition coefficient (Wildman–Crippen LogP) is 6.93. The van der Waals surface area contributed by atoms with E-state index in [-0.39, 0.29) is 20.6 Å². The van der Waals surface area contributed by atoms with Gasteiger partial charge < -0.3 is 10.1 Å². The van der Waals surface area contributed by atoms with Gasteiger partial charge in [0, 0.05) is 15.7 Å². The average molecular weight is 541 g/mol. The Morgan fingerprint density at radius 1 is 0.833 bits per heavy atom. The van der Waals surface area contributed by atoms with E-state index in [1.807, 2.05) is 37.3 Å². The summed E-state index contributed by atoms with van der Waals surface area (Å²) in [5, 5.41) is 3.22. The number of halogens is 2. The highest BCUT2D eigenvalue weighted by Gasteiger charge is 2.28. The lowest BCUT2D eigenvalue weighted by atomic mass is 10.2. The van der Waals surface area contributed by atoms with Crippen LogP contribution in [0, 0.1) is 6.92 Å². The Morgan fingerprint density at radius 2 is 1.42 bits per heavy atom. The first kappa shape index (κ1) is 25.6. The van der Waals surface area contributed by atoms with Crippen LogP contribution < -0.4 is 14.4 Å². The van der Waals surface area contributed by atoms with Crippen molar-refractivity contribution in [2.45, 2.75) is 11.8 Å². The summed E-state index contributed by atoms with van der Waals surface area (Å²) in [6.45, 7) is 1.36. The number of nitrogens with one attached hydrogen (secondary N) is 1. The Morgan fingerprint density at radius 3 is 2.03 bits per heavy atom. The van der Waals surface area contributed by atoms with Gasteiger partial charge in [0.1, 0.15) is 18.0 Å². The van der Waals surface area contributed by atoms with Crippen LogP contribution in [-0.4, -0.2) is 20.9 Å². The molecule has 9 heteroatoms. The van der Waals surface area contributed by atoms with Crippen molar-refractivity contribution in [2.24, 2.45) is 0 Å². The van der Waals surface area contributed by atoms with Crippen LogP contribution in [0.4, 0.5) is 11.4 Å². The van der Waals surface area contributed by atoms with Gasteiger partial charge in [-0.2, -0.15) is 0 Å². The van der Waals surface area contributed by atoms with E-state index in [2.05, 4.69) is 5.32 Å². The lowest BCUT2D eigenvalue weighted by molar-refractivity contribution is -0.114. The standard InChI is InChI=1S/C27H22Cl2N2O4S/c1-19-7-13-26(14-8-19)36(33,34)31(23-16-20(28)15-21(29)17-23)18-27(32)30-22-9-11-25(12-10-22)35-24-5-3-2-4-6-24/h2-17H,18H2,1H3,(H,30,32). The van der Waals surface area contributed by atoms with Crippen LogP contribution in [0.5, 0.6) is 11.5 Å². The summed E-state index contributed by atoms with van der Waals surface area (Å²) >= 11 is 12.3. The van der Waals surface area contributed by atoms with Gasteiger partial charge in [0.15, 0.2) is 0 Å². The molecule has 4 aromatic carbocycles. The van der Waals surface area contributed by atoms with Crippen LogP contribution in [0.15, 0.2) is 102 Å². The zero-order chi connectivity index (χ0) is 25.7. The second-order valence-electron chi connectivity index (χ2n) is 7.94. The first-order valence-electron chi connectivity index (χ1n) is 10.9. The largest absolute Gasteiger partial charge is 0.457 e. The first-order chi connectivity index (χ1) is 17.2. The summed E-state index contributed by atoms with van der Waals surface area (Å²) in [6.07, 6.45) is 0. The van der Waals surface area contributed by atoms with Crippen LogP contribution in [0.25, 0.3) is 0 Å². The fourth-order valence-corrected chi connectivity index (χ4v) is 5.32. The molecule has 0 unspecified atom stereocenters. The summed E-state index contributed by atoms with van der Waals surface area (Å²) in [5.41, 5.74) is 1.57. The Hall–Kier alpha value is -3.52. The Labute approximate surface area is 220 Å². The molecule has 0 aromatic heterocycles. The molecular weight excluding hydrogens is 519 g/mol. The number of sulfonamides is 1. The number of hydrogen-bond donors (Lipinski definition) is 1. The van der Waals surface area contributed by atoms with Crippen LogP contribution >= 0.6 is 23.2 Å². The normalized spacial score (nSPS) is 11.1. The molecule has 184 valence electrons. The summed E-state index contributed by atoms with van der Waals surface area (Å²) in [4.78, 5) is 13.0. The molecule has 6 nitrogen and oxygen atoms in total. The number of ether oxygens (including phenoxy) is 1. The molecule has 0 aliphatic rings. The zero-order valence-electron chi connectivity index (χ0n) is 19.2. The van der Waals surface area contributed by atoms with Crippen LogP contribution in [0.1, 0.15) is 5.56 Å².